The number of nitrogens with one attached hydrogen (secondary N) is 1. The minimum absolute atomic E-state index is 0.196. The largest absolute Gasteiger partial charge is 0.454 e. The summed E-state index contributed by atoms with van der Waals surface area (Å²) in [6.07, 6.45) is 0. The molecule has 25 heavy (non-hydrogen) atoms. The number of nitrogens with zero attached hydrogens (tertiary/aromatic N) is 1. The number of aromatic nitrogens is 1. The standard InChI is InChI=1S/C18H13BrN2O3S/c1-10-16(11-6-7-14-15(8-11)24-9-23-14)20-18(25-10)21-17(22)12-4-2-3-5-13(12)19/h2-8H,9H2,1H3,(H,20,21,22). The van der Waals surface area contributed by atoms with E-state index in [0.717, 1.165) is 26.4 Å². The van der Waals surface area contributed by atoms with Crippen molar-refractivity contribution in [3.8, 4) is 22.8 Å². The maximum absolute atomic E-state index is 12.4. The highest BCUT2D eigenvalue weighted by Crippen LogP contribution is 2.38. The molecule has 0 radical (unpaired) electrons. The molecule has 1 aromatic heterocycles. The normalized spacial score (nSPS) is 12.2. The Morgan fingerprint density at radius 1 is 1.20 bits per heavy atom. The highest BCUT2D eigenvalue weighted by atomic mass is 79.9. The zero-order valence-corrected chi connectivity index (χ0v) is 15.6. The van der Waals surface area contributed by atoms with Crippen LogP contribution in [-0.4, -0.2) is 17.7 Å². The van der Waals surface area contributed by atoms with Crippen LogP contribution in [0, 0.1) is 6.92 Å². The van der Waals surface area contributed by atoms with Gasteiger partial charge in [-0.15, -0.1) is 11.3 Å². The average Bonchev–Trinajstić information content (AvgIpc) is 3.20. The number of hydrogen-bond acceptors (Lipinski definition) is 5. The number of carbonyl (C=O) groups is 1. The molecular weight excluding hydrogens is 404 g/mol. The minimum atomic E-state index is -0.196. The fourth-order valence-corrected chi connectivity index (χ4v) is 3.87. The van der Waals surface area contributed by atoms with Crippen LogP contribution in [0.2, 0.25) is 0 Å². The summed E-state index contributed by atoms with van der Waals surface area (Å²) >= 11 is 4.83. The molecule has 7 heteroatoms. The molecule has 0 unspecified atom stereocenters. The third-order valence-electron chi connectivity index (χ3n) is 3.78. The van der Waals surface area contributed by atoms with Gasteiger partial charge in [-0.3, -0.25) is 10.1 Å². The second kappa shape index (κ2) is 6.50. The van der Waals surface area contributed by atoms with Crippen LogP contribution in [0.1, 0.15) is 15.2 Å². The number of thiazole rings is 1. The van der Waals surface area contributed by atoms with E-state index in [2.05, 4.69) is 26.2 Å². The molecule has 2 aromatic carbocycles. The number of carbonyl (C=O) groups excluding carboxylic acids is 1. The molecule has 0 aliphatic carbocycles. The Hall–Kier alpha value is -2.38. The number of anilines is 1. The van der Waals surface area contributed by atoms with Crippen LogP contribution in [0.3, 0.4) is 0 Å². The van der Waals surface area contributed by atoms with Crippen molar-refractivity contribution in [1.82, 2.24) is 4.98 Å². The first-order valence-corrected chi connectivity index (χ1v) is 9.16. The lowest BCUT2D eigenvalue weighted by Gasteiger charge is -2.03. The lowest BCUT2D eigenvalue weighted by molar-refractivity contribution is 0.102. The van der Waals surface area contributed by atoms with Crippen molar-refractivity contribution in [3.05, 3.63) is 57.4 Å². The van der Waals surface area contributed by atoms with Gasteiger partial charge in [-0.25, -0.2) is 4.98 Å². The predicted molar refractivity (Wildman–Crippen MR) is 101 cm³/mol. The van der Waals surface area contributed by atoms with E-state index in [4.69, 9.17) is 9.47 Å². The van der Waals surface area contributed by atoms with Crippen LogP contribution >= 0.6 is 27.3 Å². The van der Waals surface area contributed by atoms with Gasteiger partial charge in [0.1, 0.15) is 0 Å². The van der Waals surface area contributed by atoms with Crippen molar-refractivity contribution in [2.45, 2.75) is 6.92 Å². The Labute approximate surface area is 156 Å². The molecule has 0 saturated heterocycles. The first-order valence-electron chi connectivity index (χ1n) is 7.55. The molecule has 1 amide bonds. The van der Waals surface area contributed by atoms with E-state index in [-0.39, 0.29) is 12.7 Å². The summed E-state index contributed by atoms with van der Waals surface area (Å²) < 4.78 is 11.5. The number of rotatable bonds is 3. The van der Waals surface area contributed by atoms with Gasteiger partial charge < -0.3 is 9.47 Å². The monoisotopic (exact) mass is 416 g/mol. The molecule has 0 fully saturated rings. The van der Waals surface area contributed by atoms with E-state index in [1.54, 1.807) is 6.07 Å². The lowest BCUT2D eigenvalue weighted by Crippen LogP contribution is -2.12. The summed E-state index contributed by atoms with van der Waals surface area (Å²) in [6.45, 7) is 2.22. The molecule has 5 nitrogen and oxygen atoms in total. The molecule has 126 valence electrons. The number of ether oxygens (including phenoxy) is 2. The van der Waals surface area contributed by atoms with Crippen molar-refractivity contribution in [3.63, 3.8) is 0 Å². The van der Waals surface area contributed by atoms with E-state index in [9.17, 15) is 4.79 Å². The Bertz CT molecular complexity index is 971. The molecular formula is C18H13BrN2O3S. The van der Waals surface area contributed by atoms with E-state index in [0.29, 0.717) is 16.4 Å². The Balaban J connectivity index is 1.60. The fourth-order valence-electron chi connectivity index (χ4n) is 2.57. The molecule has 0 saturated carbocycles. The molecule has 4 rings (SSSR count). The molecule has 2 heterocycles. The van der Waals surface area contributed by atoms with Crippen LogP contribution < -0.4 is 14.8 Å². The van der Waals surface area contributed by atoms with Gasteiger partial charge in [-0.2, -0.15) is 0 Å². The molecule has 0 bridgehead atoms. The van der Waals surface area contributed by atoms with Crippen LogP contribution in [0.5, 0.6) is 11.5 Å². The lowest BCUT2D eigenvalue weighted by atomic mass is 10.1. The van der Waals surface area contributed by atoms with Gasteiger partial charge >= 0.3 is 0 Å². The number of halogens is 1. The maximum atomic E-state index is 12.4. The topological polar surface area (TPSA) is 60.5 Å². The Kier molecular flexibility index (Phi) is 4.19. The SMILES string of the molecule is Cc1sc(NC(=O)c2ccccc2Br)nc1-c1ccc2c(c1)OCO2. The van der Waals surface area contributed by atoms with Crippen LogP contribution in [-0.2, 0) is 0 Å². The summed E-state index contributed by atoms with van der Waals surface area (Å²) in [5, 5.41) is 3.43. The zero-order chi connectivity index (χ0) is 17.4. The van der Waals surface area contributed by atoms with Crippen LogP contribution in [0.4, 0.5) is 5.13 Å². The number of amides is 1. The van der Waals surface area contributed by atoms with Crippen molar-refractivity contribution in [2.75, 3.05) is 12.1 Å². The van der Waals surface area contributed by atoms with Crippen LogP contribution in [0.25, 0.3) is 11.3 Å². The van der Waals surface area contributed by atoms with Gasteiger partial charge in [0.25, 0.3) is 5.91 Å². The highest BCUT2D eigenvalue weighted by Gasteiger charge is 2.18. The summed E-state index contributed by atoms with van der Waals surface area (Å²) in [6, 6.07) is 13.0. The van der Waals surface area contributed by atoms with Crippen molar-refractivity contribution in [1.29, 1.82) is 0 Å². The van der Waals surface area contributed by atoms with Gasteiger partial charge in [0.2, 0.25) is 6.79 Å². The molecule has 3 aromatic rings. The van der Waals surface area contributed by atoms with Gasteiger partial charge in [0.15, 0.2) is 16.6 Å². The molecule has 1 N–H and O–H groups in total. The van der Waals surface area contributed by atoms with E-state index >= 15 is 0 Å². The maximum Gasteiger partial charge on any atom is 0.258 e. The van der Waals surface area contributed by atoms with Crippen LogP contribution in [0.15, 0.2) is 46.9 Å². The molecule has 1 aliphatic rings. The fraction of sp³-hybridized carbons (Fsp3) is 0.111. The summed E-state index contributed by atoms with van der Waals surface area (Å²) in [7, 11) is 0. The van der Waals surface area contributed by atoms with Crippen molar-refractivity contribution in [2.24, 2.45) is 0 Å². The molecule has 1 aliphatic heterocycles. The number of benzene rings is 2. The first kappa shape index (κ1) is 16.1. The summed E-state index contributed by atoms with van der Waals surface area (Å²) in [5.74, 6) is 1.25. The minimum Gasteiger partial charge on any atom is -0.454 e. The van der Waals surface area contributed by atoms with E-state index < -0.39 is 0 Å². The Morgan fingerprint density at radius 2 is 2.00 bits per heavy atom. The smallest absolute Gasteiger partial charge is 0.258 e. The van der Waals surface area contributed by atoms with Gasteiger partial charge in [0.05, 0.1) is 11.3 Å². The third-order valence-corrected chi connectivity index (χ3v) is 5.36. The third kappa shape index (κ3) is 3.12. The molecule has 0 spiro atoms. The van der Waals surface area contributed by atoms with E-state index in [1.807, 2.05) is 43.3 Å². The van der Waals surface area contributed by atoms with E-state index in [1.165, 1.54) is 11.3 Å². The Morgan fingerprint density at radius 3 is 2.84 bits per heavy atom. The van der Waals surface area contributed by atoms with Gasteiger partial charge in [-0.05, 0) is 53.2 Å². The quantitative estimate of drug-likeness (QED) is 0.661. The second-order valence-corrected chi connectivity index (χ2v) is 7.48. The van der Waals surface area contributed by atoms with Crippen molar-refractivity contribution < 1.29 is 14.3 Å². The van der Waals surface area contributed by atoms with Crippen molar-refractivity contribution >= 4 is 38.3 Å². The number of fused-ring (bicyclic) bond motifs is 1. The predicted octanol–water partition coefficient (Wildman–Crippen LogP) is 4.86. The number of aryl methyl sites for hydroxylation is 1. The average molecular weight is 417 g/mol. The van der Waals surface area contributed by atoms with Gasteiger partial charge in [-0.1, -0.05) is 12.1 Å². The molecule has 0 atom stereocenters. The summed E-state index contributed by atoms with van der Waals surface area (Å²) in [4.78, 5) is 18.0. The zero-order valence-electron chi connectivity index (χ0n) is 13.2. The summed E-state index contributed by atoms with van der Waals surface area (Å²) in [5.41, 5.74) is 2.32. The highest BCUT2D eigenvalue weighted by molar-refractivity contribution is 9.10. The second-order valence-electron chi connectivity index (χ2n) is 5.43. The number of hydrogen-bond donors (Lipinski definition) is 1. The van der Waals surface area contributed by atoms with Gasteiger partial charge in [0, 0.05) is 14.9 Å². The first-order chi connectivity index (χ1) is 12.1.